The predicted octanol–water partition coefficient (Wildman–Crippen LogP) is 1.81. The smallest absolute Gasteiger partial charge is 0.238 e. The Kier molecular flexibility index (Phi) is 3.78. The first-order valence-electron chi connectivity index (χ1n) is 6.90. The largest absolute Gasteiger partial charge is 0.325 e. The molecule has 0 unspecified atom stereocenters. The summed E-state index contributed by atoms with van der Waals surface area (Å²) in [5.41, 5.74) is 1.78. The molecule has 20 heavy (non-hydrogen) atoms. The number of benzene rings is 1. The average molecular weight is 270 g/mol. The first-order valence-corrected chi connectivity index (χ1v) is 6.90. The van der Waals surface area contributed by atoms with E-state index in [1.165, 1.54) is 12.8 Å². The van der Waals surface area contributed by atoms with Crippen molar-refractivity contribution in [1.82, 2.24) is 14.9 Å². The molecule has 1 amide bonds. The normalized spacial score (nSPS) is 14.2. The Morgan fingerprint density at radius 3 is 3.05 bits per heavy atom. The number of nitrogens with one attached hydrogen (secondary N) is 2. The summed E-state index contributed by atoms with van der Waals surface area (Å²) in [6.45, 7) is 1.31. The maximum atomic E-state index is 11.8. The summed E-state index contributed by atoms with van der Waals surface area (Å²) in [4.78, 5) is 15.8. The van der Waals surface area contributed by atoms with Gasteiger partial charge in [0, 0.05) is 23.8 Å². The van der Waals surface area contributed by atoms with Gasteiger partial charge in [0.05, 0.1) is 12.9 Å². The number of carbonyl (C=O) groups is 1. The minimum atomic E-state index is -0.00608. The molecule has 1 saturated carbocycles. The molecule has 3 rings (SSSR count). The molecule has 1 fully saturated rings. The zero-order valence-corrected chi connectivity index (χ0v) is 11.2. The van der Waals surface area contributed by atoms with Gasteiger partial charge in [0.25, 0.3) is 0 Å². The molecule has 0 aliphatic heterocycles. The van der Waals surface area contributed by atoms with E-state index in [9.17, 15) is 4.79 Å². The molecule has 2 N–H and O–H groups in total. The van der Waals surface area contributed by atoms with Crippen molar-refractivity contribution in [3.63, 3.8) is 0 Å². The molecule has 0 saturated heterocycles. The molecule has 2 aromatic rings. The SMILES string of the molecule is O=C(CNCC1CC1)Nc1cccc(-n2ccnc2)c1. The van der Waals surface area contributed by atoms with Crippen LogP contribution in [-0.2, 0) is 4.79 Å². The van der Waals surface area contributed by atoms with Gasteiger partial charge in [-0.05, 0) is 43.5 Å². The lowest BCUT2D eigenvalue weighted by Crippen LogP contribution is -2.29. The Morgan fingerprint density at radius 1 is 1.40 bits per heavy atom. The molecule has 0 radical (unpaired) electrons. The van der Waals surface area contributed by atoms with Gasteiger partial charge in [-0.2, -0.15) is 0 Å². The molecule has 1 aromatic carbocycles. The summed E-state index contributed by atoms with van der Waals surface area (Å²) >= 11 is 0. The van der Waals surface area contributed by atoms with E-state index < -0.39 is 0 Å². The van der Waals surface area contributed by atoms with Crippen molar-refractivity contribution < 1.29 is 4.79 Å². The third-order valence-electron chi connectivity index (χ3n) is 3.35. The highest BCUT2D eigenvalue weighted by atomic mass is 16.1. The van der Waals surface area contributed by atoms with Crippen LogP contribution in [-0.4, -0.2) is 28.5 Å². The number of hydrogen-bond donors (Lipinski definition) is 2. The lowest BCUT2D eigenvalue weighted by atomic mass is 10.2. The van der Waals surface area contributed by atoms with Crippen LogP contribution in [0.5, 0.6) is 0 Å². The highest BCUT2D eigenvalue weighted by Crippen LogP contribution is 2.27. The highest BCUT2D eigenvalue weighted by molar-refractivity contribution is 5.92. The number of amides is 1. The third-order valence-corrected chi connectivity index (χ3v) is 3.35. The summed E-state index contributed by atoms with van der Waals surface area (Å²) in [6, 6.07) is 7.71. The van der Waals surface area contributed by atoms with Crippen LogP contribution in [0.25, 0.3) is 5.69 Å². The molecular formula is C15H18N4O. The number of carbonyl (C=O) groups excluding carboxylic acids is 1. The number of nitrogens with zero attached hydrogens (tertiary/aromatic N) is 2. The van der Waals surface area contributed by atoms with Gasteiger partial charge in [0.15, 0.2) is 0 Å². The zero-order valence-electron chi connectivity index (χ0n) is 11.2. The molecule has 5 heteroatoms. The minimum absolute atomic E-state index is 0.00608. The summed E-state index contributed by atoms with van der Waals surface area (Å²) < 4.78 is 1.90. The number of anilines is 1. The van der Waals surface area contributed by atoms with Crippen LogP contribution in [0, 0.1) is 5.92 Å². The van der Waals surface area contributed by atoms with Crippen LogP contribution in [0.4, 0.5) is 5.69 Å². The second kappa shape index (κ2) is 5.88. The van der Waals surface area contributed by atoms with E-state index >= 15 is 0 Å². The summed E-state index contributed by atoms with van der Waals surface area (Å²) in [6.07, 6.45) is 7.92. The van der Waals surface area contributed by atoms with E-state index in [-0.39, 0.29) is 5.91 Å². The lowest BCUT2D eigenvalue weighted by molar-refractivity contribution is -0.115. The predicted molar refractivity (Wildman–Crippen MR) is 77.8 cm³/mol. The molecule has 1 heterocycles. The van der Waals surface area contributed by atoms with Gasteiger partial charge in [0.1, 0.15) is 0 Å². The fourth-order valence-corrected chi connectivity index (χ4v) is 2.07. The van der Waals surface area contributed by atoms with Gasteiger partial charge in [-0.15, -0.1) is 0 Å². The van der Waals surface area contributed by atoms with Crippen LogP contribution >= 0.6 is 0 Å². The van der Waals surface area contributed by atoms with Gasteiger partial charge in [-0.1, -0.05) is 6.07 Å². The van der Waals surface area contributed by atoms with Gasteiger partial charge < -0.3 is 15.2 Å². The van der Waals surface area contributed by atoms with Crippen molar-refractivity contribution in [2.45, 2.75) is 12.8 Å². The molecule has 104 valence electrons. The Balaban J connectivity index is 1.56. The third kappa shape index (κ3) is 3.45. The number of rotatable bonds is 6. The second-order valence-electron chi connectivity index (χ2n) is 5.14. The molecule has 0 bridgehead atoms. The van der Waals surface area contributed by atoms with E-state index in [0.29, 0.717) is 6.54 Å². The number of hydrogen-bond acceptors (Lipinski definition) is 3. The van der Waals surface area contributed by atoms with Crippen LogP contribution in [0.15, 0.2) is 43.0 Å². The first kappa shape index (κ1) is 12.9. The second-order valence-corrected chi connectivity index (χ2v) is 5.14. The minimum Gasteiger partial charge on any atom is -0.325 e. The van der Waals surface area contributed by atoms with Crippen molar-refractivity contribution >= 4 is 11.6 Å². The molecule has 0 spiro atoms. The van der Waals surface area contributed by atoms with Crippen molar-refractivity contribution in [3.8, 4) is 5.69 Å². The monoisotopic (exact) mass is 270 g/mol. The number of imidazole rings is 1. The quantitative estimate of drug-likeness (QED) is 0.841. The average Bonchev–Trinajstić information content (AvgIpc) is 3.10. The lowest BCUT2D eigenvalue weighted by Gasteiger charge is -2.08. The Hall–Kier alpha value is -2.14. The van der Waals surface area contributed by atoms with Gasteiger partial charge in [-0.25, -0.2) is 4.98 Å². The van der Waals surface area contributed by atoms with Crippen molar-refractivity contribution in [2.24, 2.45) is 5.92 Å². The summed E-state index contributed by atoms with van der Waals surface area (Å²) in [5, 5.41) is 6.09. The van der Waals surface area contributed by atoms with E-state index in [1.54, 1.807) is 12.5 Å². The maximum absolute atomic E-state index is 11.8. The fraction of sp³-hybridized carbons (Fsp3) is 0.333. The van der Waals surface area contributed by atoms with Crippen LogP contribution in [0.3, 0.4) is 0 Å². The Morgan fingerprint density at radius 2 is 2.30 bits per heavy atom. The van der Waals surface area contributed by atoms with Gasteiger partial charge >= 0.3 is 0 Å². The molecule has 1 aliphatic rings. The zero-order chi connectivity index (χ0) is 13.8. The van der Waals surface area contributed by atoms with Crippen LogP contribution < -0.4 is 10.6 Å². The van der Waals surface area contributed by atoms with Crippen LogP contribution in [0.2, 0.25) is 0 Å². The van der Waals surface area contributed by atoms with Gasteiger partial charge in [-0.3, -0.25) is 4.79 Å². The Labute approximate surface area is 118 Å². The summed E-state index contributed by atoms with van der Waals surface area (Å²) in [5.74, 6) is 0.779. The first-order chi connectivity index (χ1) is 9.81. The molecular weight excluding hydrogens is 252 g/mol. The standard InChI is InChI=1S/C15H18N4O/c20-15(10-17-9-12-4-5-12)18-13-2-1-3-14(8-13)19-7-6-16-11-19/h1-3,6-8,11-12,17H,4-5,9-10H2,(H,18,20). The molecule has 1 aliphatic carbocycles. The van der Waals surface area contributed by atoms with E-state index in [4.69, 9.17) is 0 Å². The molecule has 5 nitrogen and oxygen atoms in total. The van der Waals surface area contributed by atoms with Gasteiger partial charge in [0.2, 0.25) is 5.91 Å². The topological polar surface area (TPSA) is 59.0 Å². The fourth-order valence-electron chi connectivity index (χ4n) is 2.07. The Bertz CT molecular complexity index is 575. The van der Waals surface area contributed by atoms with E-state index in [1.807, 2.05) is 35.0 Å². The number of aromatic nitrogens is 2. The maximum Gasteiger partial charge on any atom is 0.238 e. The van der Waals surface area contributed by atoms with E-state index in [2.05, 4.69) is 15.6 Å². The van der Waals surface area contributed by atoms with Crippen molar-refractivity contribution in [3.05, 3.63) is 43.0 Å². The highest BCUT2D eigenvalue weighted by Gasteiger charge is 2.20. The van der Waals surface area contributed by atoms with E-state index in [0.717, 1.165) is 23.8 Å². The van der Waals surface area contributed by atoms with Crippen molar-refractivity contribution in [1.29, 1.82) is 0 Å². The molecule has 1 aromatic heterocycles. The van der Waals surface area contributed by atoms with Crippen molar-refractivity contribution in [2.75, 3.05) is 18.4 Å². The summed E-state index contributed by atoms with van der Waals surface area (Å²) in [7, 11) is 0. The molecule has 0 atom stereocenters. The van der Waals surface area contributed by atoms with Crippen LogP contribution in [0.1, 0.15) is 12.8 Å².